The van der Waals surface area contributed by atoms with Crippen LogP contribution in [-0.2, 0) is 4.79 Å². The topological polar surface area (TPSA) is 29.1 Å². The SMILES string of the molecule is C=CCCNC(=O)/C=C/c1cccc(C)c1. The molecule has 0 saturated carbocycles. The van der Waals surface area contributed by atoms with E-state index in [1.807, 2.05) is 37.3 Å². The molecule has 1 aromatic rings. The first-order valence-corrected chi connectivity index (χ1v) is 5.36. The van der Waals surface area contributed by atoms with Crippen LogP contribution in [0, 0.1) is 6.92 Å². The fraction of sp³-hybridized carbons (Fsp3) is 0.214. The molecule has 2 heteroatoms. The van der Waals surface area contributed by atoms with Gasteiger partial charge in [0.25, 0.3) is 0 Å². The Labute approximate surface area is 96.7 Å². The standard InChI is InChI=1S/C14H17NO/c1-3-4-10-15-14(16)9-8-13-7-5-6-12(2)11-13/h3,5-9,11H,1,4,10H2,2H3,(H,15,16)/b9-8+. The number of rotatable bonds is 5. The Kier molecular flexibility index (Phi) is 5.06. The van der Waals surface area contributed by atoms with Gasteiger partial charge in [-0.25, -0.2) is 0 Å². The van der Waals surface area contributed by atoms with Crippen LogP contribution >= 0.6 is 0 Å². The third kappa shape index (κ3) is 4.60. The fourth-order valence-corrected chi connectivity index (χ4v) is 1.30. The molecule has 0 aliphatic heterocycles. The number of benzene rings is 1. The molecule has 2 nitrogen and oxygen atoms in total. The van der Waals surface area contributed by atoms with E-state index in [0.717, 1.165) is 12.0 Å². The second-order valence-electron chi connectivity index (χ2n) is 3.62. The molecule has 16 heavy (non-hydrogen) atoms. The summed E-state index contributed by atoms with van der Waals surface area (Å²) in [7, 11) is 0. The Hall–Kier alpha value is -1.83. The van der Waals surface area contributed by atoms with E-state index in [9.17, 15) is 4.79 Å². The van der Waals surface area contributed by atoms with Crippen molar-refractivity contribution in [2.75, 3.05) is 6.54 Å². The number of hydrogen-bond acceptors (Lipinski definition) is 1. The van der Waals surface area contributed by atoms with Gasteiger partial charge >= 0.3 is 0 Å². The van der Waals surface area contributed by atoms with Crippen LogP contribution in [0.5, 0.6) is 0 Å². The number of carbonyl (C=O) groups excluding carboxylic acids is 1. The summed E-state index contributed by atoms with van der Waals surface area (Å²) in [5, 5.41) is 2.77. The quantitative estimate of drug-likeness (QED) is 0.456. The van der Waals surface area contributed by atoms with E-state index < -0.39 is 0 Å². The lowest BCUT2D eigenvalue weighted by atomic mass is 10.1. The summed E-state index contributed by atoms with van der Waals surface area (Å²) < 4.78 is 0. The van der Waals surface area contributed by atoms with Crippen molar-refractivity contribution < 1.29 is 4.79 Å². The monoisotopic (exact) mass is 215 g/mol. The van der Waals surface area contributed by atoms with Crippen molar-refractivity contribution in [3.05, 3.63) is 54.1 Å². The molecule has 84 valence electrons. The summed E-state index contributed by atoms with van der Waals surface area (Å²) in [5.74, 6) is -0.0663. The first kappa shape index (κ1) is 12.2. The van der Waals surface area contributed by atoms with Gasteiger partial charge in [-0.15, -0.1) is 6.58 Å². The zero-order chi connectivity index (χ0) is 11.8. The zero-order valence-corrected chi connectivity index (χ0v) is 9.57. The molecule has 0 bridgehead atoms. The average molecular weight is 215 g/mol. The van der Waals surface area contributed by atoms with E-state index >= 15 is 0 Å². The van der Waals surface area contributed by atoms with E-state index in [1.165, 1.54) is 5.56 Å². The first-order valence-electron chi connectivity index (χ1n) is 5.36. The van der Waals surface area contributed by atoms with Gasteiger partial charge < -0.3 is 5.32 Å². The number of aryl methyl sites for hydroxylation is 1. The van der Waals surface area contributed by atoms with Gasteiger partial charge in [0.2, 0.25) is 5.91 Å². The molecule has 1 amide bonds. The average Bonchev–Trinajstić information content (AvgIpc) is 2.27. The Balaban J connectivity index is 2.47. The van der Waals surface area contributed by atoms with Crippen molar-refractivity contribution in [3.63, 3.8) is 0 Å². The first-order chi connectivity index (χ1) is 7.72. The van der Waals surface area contributed by atoms with E-state index in [-0.39, 0.29) is 5.91 Å². The molecule has 0 spiro atoms. The largest absolute Gasteiger partial charge is 0.352 e. The molecule has 1 aromatic carbocycles. The molecule has 0 aliphatic carbocycles. The normalized spacial score (nSPS) is 10.3. The van der Waals surface area contributed by atoms with Crippen LogP contribution in [0.4, 0.5) is 0 Å². The van der Waals surface area contributed by atoms with Crippen molar-refractivity contribution in [1.82, 2.24) is 5.32 Å². The molecule has 1 rings (SSSR count). The van der Waals surface area contributed by atoms with Crippen LogP contribution in [0.2, 0.25) is 0 Å². The van der Waals surface area contributed by atoms with Gasteiger partial charge in [-0.1, -0.05) is 35.9 Å². The lowest BCUT2D eigenvalue weighted by Gasteiger charge is -1.98. The van der Waals surface area contributed by atoms with E-state index in [2.05, 4.69) is 11.9 Å². The smallest absolute Gasteiger partial charge is 0.244 e. The van der Waals surface area contributed by atoms with Crippen molar-refractivity contribution in [3.8, 4) is 0 Å². The second-order valence-corrected chi connectivity index (χ2v) is 3.62. The Morgan fingerprint density at radius 2 is 2.31 bits per heavy atom. The van der Waals surface area contributed by atoms with Crippen LogP contribution in [0.3, 0.4) is 0 Å². The highest BCUT2D eigenvalue weighted by Gasteiger charge is 1.93. The molecule has 0 radical (unpaired) electrons. The van der Waals surface area contributed by atoms with Crippen molar-refractivity contribution in [1.29, 1.82) is 0 Å². The molecule has 0 atom stereocenters. The molecule has 1 N–H and O–H groups in total. The van der Waals surface area contributed by atoms with Gasteiger partial charge in [-0.3, -0.25) is 4.79 Å². The van der Waals surface area contributed by atoms with E-state index in [1.54, 1.807) is 12.2 Å². The summed E-state index contributed by atoms with van der Waals surface area (Å²) in [5.41, 5.74) is 2.23. The molecule has 0 unspecified atom stereocenters. The van der Waals surface area contributed by atoms with Gasteiger partial charge in [0.05, 0.1) is 0 Å². The Morgan fingerprint density at radius 3 is 3.00 bits per heavy atom. The molecule has 0 heterocycles. The number of carbonyl (C=O) groups is 1. The highest BCUT2D eigenvalue weighted by Crippen LogP contribution is 2.05. The summed E-state index contributed by atoms with van der Waals surface area (Å²) in [4.78, 5) is 11.3. The molecule has 0 aromatic heterocycles. The van der Waals surface area contributed by atoms with Crippen molar-refractivity contribution in [2.45, 2.75) is 13.3 Å². The van der Waals surface area contributed by atoms with Crippen molar-refractivity contribution in [2.24, 2.45) is 0 Å². The molecular formula is C14H17NO. The zero-order valence-electron chi connectivity index (χ0n) is 9.57. The fourth-order valence-electron chi connectivity index (χ4n) is 1.30. The third-order valence-electron chi connectivity index (χ3n) is 2.12. The second kappa shape index (κ2) is 6.62. The Bertz CT molecular complexity index is 393. The van der Waals surface area contributed by atoms with Gasteiger partial charge in [0.15, 0.2) is 0 Å². The van der Waals surface area contributed by atoms with E-state index in [4.69, 9.17) is 0 Å². The van der Waals surface area contributed by atoms with Gasteiger partial charge in [-0.05, 0) is 25.0 Å². The minimum absolute atomic E-state index is 0.0663. The van der Waals surface area contributed by atoms with Crippen LogP contribution in [0.25, 0.3) is 6.08 Å². The predicted octanol–water partition coefficient (Wildman–Crippen LogP) is 2.70. The summed E-state index contributed by atoms with van der Waals surface area (Å²) in [6.07, 6.45) is 5.95. The third-order valence-corrected chi connectivity index (χ3v) is 2.12. The van der Waals surface area contributed by atoms with Crippen LogP contribution in [0.1, 0.15) is 17.5 Å². The summed E-state index contributed by atoms with van der Waals surface area (Å²) in [6, 6.07) is 8.01. The maximum Gasteiger partial charge on any atom is 0.244 e. The highest BCUT2D eigenvalue weighted by atomic mass is 16.1. The Morgan fingerprint density at radius 1 is 1.50 bits per heavy atom. The lowest BCUT2D eigenvalue weighted by molar-refractivity contribution is -0.116. The maximum absolute atomic E-state index is 11.3. The van der Waals surface area contributed by atoms with E-state index in [0.29, 0.717) is 6.54 Å². The number of nitrogens with one attached hydrogen (secondary N) is 1. The van der Waals surface area contributed by atoms with Crippen molar-refractivity contribution >= 4 is 12.0 Å². The minimum atomic E-state index is -0.0663. The van der Waals surface area contributed by atoms with Crippen LogP contribution in [-0.4, -0.2) is 12.5 Å². The summed E-state index contributed by atoms with van der Waals surface area (Å²) in [6.45, 7) is 6.26. The number of hydrogen-bond donors (Lipinski definition) is 1. The van der Waals surface area contributed by atoms with Crippen LogP contribution < -0.4 is 5.32 Å². The molecule has 0 fully saturated rings. The van der Waals surface area contributed by atoms with Gasteiger partial charge in [0, 0.05) is 12.6 Å². The predicted molar refractivity (Wildman–Crippen MR) is 68.0 cm³/mol. The maximum atomic E-state index is 11.3. The minimum Gasteiger partial charge on any atom is -0.352 e. The molecule has 0 aliphatic rings. The van der Waals surface area contributed by atoms with Crippen LogP contribution in [0.15, 0.2) is 43.0 Å². The van der Waals surface area contributed by atoms with Gasteiger partial charge in [-0.2, -0.15) is 0 Å². The summed E-state index contributed by atoms with van der Waals surface area (Å²) >= 11 is 0. The lowest BCUT2D eigenvalue weighted by Crippen LogP contribution is -2.21. The highest BCUT2D eigenvalue weighted by molar-refractivity contribution is 5.91. The molecular weight excluding hydrogens is 198 g/mol. The van der Waals surface area contributed by atoms with Gasteiger partial charge in [0.1, 0.15) is 0 Å². The number of amides is 1. The molecule has 0 saturated heterocycles.